The monoisotopic (exact) mass is 214 g/mol. The van der Waals surface area contributed by atoms with Crippen LogP contribution in [-0.2, 0) is 6.42 Å². The highest BCUT2D eigenvalue weighted by Gasteiger charge is 2.00. The highest BCUT2D eigenvalue weighted by Crippen LogP contribution is 2.19. The summed E-state index contributed by atoms with van der Waals surface area (Å²) in [5.74, 6) is 0.386. The first kappa shape index (κ1) is 10.8. The van der Waals surface area contributed by atoms with E-state index in [1.165, 1.54) is 0 Å². The maximum absolute atomic E-state index is 9.44. The molecule has 0 aliphatic rings. The molecule has 0 unspecified atom stereocenters. The lowest BCUT2D eigenvalue weighted by molar-refractivity contribution is 0.467. The number of phenols is 1. The van der Waals surface area contributed by atoms with Gasteiger partial charge in [0.05, 0.1) is 0 Å². The summed E-state index contributed by atoms with van der Waals surface area (Å²) in [7, 11) is 0. The summed E-state index contributed by atoms with van der Waals surface area (Å²) < 4.78 is 0.144. The molecular weight excluding hydrogens is 200 g/mol. The lowest BCUT2D eigenvalue weighted by atomic mass is 10.1. The Hall–Kier alpha value is -0.280. The fourth-order valence-electron chi connectivity index (χ4n) is 1.20. The molecule has 72 valence electrons. The molecule has 0 aliphatic carbocycles. The Kier molecular flexibility index (Phi) is 4.53. The van der Waals surface area contributed by atoms with Crippen LogP contribution >= 0.6 is 25.3 Å². The van der Waals surface area contributed by atoms with E-state index >= 15 is 0 Å². The van der Waals surface area contributed by atoms with Crippen LogP contribution in [0.3, 0.4) is 0 Å². The number of aromatic hydroxyl groups is 1. The van der Waals surface area contributed by atoms with Crippen LogP contribution in [-0.4, -0.2) is 9.69 Å². The number of benzene rings is 1. The predicted octanol–water partition coefficient (Wildman–Crippen LogP) is 2.90. The van der Waals surface area contributed by atoms with Gasteiger partial charge in [0, 0.05) is 4.58 Å². The zero-order valence-electron chi connectivity index (χ0n) is 7.35. The number of phenolic OH excluding ortho intramolecular Hbond substituents is 1. The van der Waals surface area contributed by atoms with Gasteiger partial charge in [-0.3, -0.25) is 0 Å². The summed E-state index contributed by atoms with van der Waals surface area (Å²) in [6.45, 7) is 0. The molecule has 0 saturated carbocycles. The quantitative estimate of drug-likeness (QED) is 0.520. The largest absolute Gasteiger partial charge is 0.508 e. The molecule has 0 amide bonds. The second-order valence-corrected chi connectivity index (χ2v) is 4.66. The lowest BCUT2D eigenvalue weighted by Gasteiger charge is -2.05. The molecule has 3 heteroatoms. The topological polar surface area (TPSA) is 20.2 Å². The van der Waals surface area contributed by atoms with E-state index in [4.69, 9.17) is 0 Å². The fraction of sp³-hybridized carbons (Fsp3) is 0.400. The fourth-order valence-corrected chi connectivity index (χ4v) is 1.56. The van der Waals surface area contributed by atoms with Crippen LogP contribution in [0.25, 0.3) is 0 Å². The maximum Gasteiger partial charge on any atom is 0.118 e. The standard InChI is InChI=1S/C10H14OS2/c11-9-6-2-1-4-8(9)5-3-7-10(12)13/h1-2,4,6,10-13H,3,5,7H2. The molecule has 0 bridgehead atoms. The zero-order valence-corrected chi connectivity index (χ0v) is 9.14. The van der Waals surface area contributed by atoms with Gasteiger partial charge in [-0.1, -0.05) is 18.2 Å². The summed E-state index contributed by atoms with van der Waals surface area (Å²) in [5.41, 5.74) is 1.00. The number of aryl methyl sites for hydroxylation is 1. The summed E-state index contributed by atoms with van der Waals surface area (Å²) in [6.07, 6.45) is 2.86. The van der Waals surface area contributed by atoms with Gasteiger partial charge >= 0.3 is 0 Å². The van der Waals surface area contributed by atoms with Gasteiger partial charge in [0.2, 0.25) is 0 Å². The molecule has 0 aromatic heterocycles. The van der Waals surface area contributed by atoms with E-state index in [-0.39, 0.29) is 4.58 Å². The minimum absolute atomic E-state index is 0.144. The molecule has 13 heavy (non-hydrogen) atoms. The summed E-state index contributed by atoms with van der Waals surface area (Å²) in [6, 6.07) is 7.43. The van der Waals surface area contributed by atoms with Crippen molar-refractivity contribution >= 4 is 25.3 Å². The van der Waals surface area contributed by atoms with E-state index in [0.717, 1.165) is 24.8 Å². The van der Waals surface area contributed by atoms with Crippen LogP contribution in [0, 0.1) is 0 Å². The van der Waals surface area contributed by atoms with Gasteiger partial charge in [-0.2, -0.15) is 25.3 Å². The van der Waals surface area contributed by atoms with Crippen LogP contribution in [0.2, 0.25) is 0 Å². The average molecular weight is 214 g/mol. The average Bonchev–Trinajstić information content (AvgIpc) is 2.08. The van der Waals surface area contributed by atoms with E-state index in [0.29, 0.717) is 5.75 Å². The molecule has 1 aromatic carbocycles. The molecule has 0 fully saturated rings. The summed E-state index contributed by atoms with van der Waals surface area (Å²) in [5, 5.41) is 9.44. The third-order valence-electron chi connectivity index (χ3n) is 1.90. The van der Waals surface area contributed by atoms with Gasteiger partial charge in [-0.05, 0) is 30.9 Å². The van der Waals surface area contributed by atoms with E-state index in [1.807, 2.05) is 18.2 Å². The van der Waals surface area contributed by atoms with Gasteiger partial charge in [0.1, 0.15) is 5.75 Å². The van der Waals surface area contributed by atoms with Crippen molar-refractivity contribution in [3.8, 4) is 5.75 Å². The SMILES string of the molecule is Oc1ccccc1CCCC(S)S. The van der Waals surface area contributed by atoms with Gasteiger partial charge in [-0.15, -0.1) is 0 Å². The van der Waals surface area contributed by atoms with Crippen molar-refractivity contribution in [2.75, 3.05) is 0 Å². The molecule has 0 radical (unpaired) electrons. The Morgan fingerprint density at radius 3 is 2.54 bits per heavy atom. The molecule has 1 aromatic rings. The van der Waals surface area contributed by atoms with Gasteiger partial charge in [-0.25, -0.2) is 0 Å². The highest BCUT2D eigenvalue weighted by molar-refractivity contribution is 7.99. The van der Waals surface area contributed by atoms with Crippen molar-refractivity contribution in [3.63, 3.8) is 0 Å². The Morgan fingerprint density at radius 1 is 1.23 bits per heavy atom. The minimum atomic E-state index is 0.144. The lowest BCUT2D eigenvalue weighted by Crippen LogP contribution is -1.91. The number of thiol groups is 2. The number of hydrogen-bond acceptors (Lipinski definition) is 3. The Labute approximate surface area is 90.0 Å². The molecule has 1 rings (SSSR count). The first-order valence-corrected chi connectivity index (χ1v) is 5.36. The summed E-state index contributed by atoms with van der Waals surface area (Å²) in [4.78, 5) is 0. The third kappa shape index (κ3) is 3.96. The normalized spacial score (nSPS) is 10.7. The van der Waals surface area contributed by atoms with Crippen molar-refractivity contribution < 1.29 is 5.11 Å². The van der Waals surface area contributed by atoms with Crippen molar-refractivity contribution in [2.24, 2.45) is 0 Å². The first-order valence-electron chi connectivity index (χ1n) is 4.33. The molecule has 0 saturated heterocycles. The van der Waals surface area contributed by atoms with Crippen LogP contribution < -0.4 is 0 Å². The van der Waals surface area contributed by atoms with Crippen LogP contribution in [0.4, 0.5) is 0 Å². The molecule has 1 nitrogen and oxygen atoms in total. The van der Waals surface area contributed by atoms with Crippen molar-refractivity contribution in [1.29, 1.82) is 0 Å². The molecule has 0 atom stereocenters. The van der Waals surface area contributed by atoms with Gasteiger partial charge < -0.3 is 5.11 Å². The van der Waals surface area contributed by atoms with Crippen LogP contribution in [0.1, 0.15) is 18.4 Å². The molecule has 0 heterocycles. The van der Waals surface area contributed by atoms with Crippen LogP contribution in [0.5, 0.6) is 5.75 Å². The Morgan fingerprint density at radius 2 is 1.92 bits per heavy atom. The number of para-hydroxylation sites is 1. The summed E-state index contributed by atoms with van der Waals surface area (Å²) >= 11 is 8.34. The van der Waals surface area contributed by atoms with Crippen molar-refractivity contribution in [1.82, 2.24) is 0 Å². The second kappa shape index (κ2) is 5.45. The van der Waals surface area contributed by atoms with E-state index < -0.39 is 0 Å². The second-order valence-electron chi connectivity index (χ2n) is 3.00. The van der Waals surface area contributed by atoms with Crippen molar-refractivity contribution in [3.05, 3.63) is 29.8 Å². The van der Waals surface area contributed by atoms with Crippen LogP contribution in [0.15, 0.2) is 24.3 Å². The predicted molar refractivity (Wildman–Crippen MR) is 62.8 cm³/mol. The number of rotatable bonds is 4. The molecule has 0 aliphatic heterocycles. The van der Waals surface area contributed by atoms with Gasteiger partial charge in [0.25, 0.3) is 0 Å². The number of hydrogen-bond donors (Lipinski definition) is 3. The Bertz CT molecular complexity index is 261. The smallest absolute Gasteiger partial charge is 0.118 e. The Balaban J connectivity index is 2.41. The van der Waals surface area contributed by atoms with Crippen molar-refractivity contribution in [2.45, 2.75) is 23.8 Å². The minimum Gasteiger partial charge on any atom is -0.508 e. The third-order valence-corrected chi connectivity index (χ3v) is 2.42. The van der Waals surface area contributed by atoms with E-state index in [9.17, 15) is 5.11 Å². The zero-order chi connectivity index (χ0) is 9.68. The van der Waals surface area contributed by atoms with E-state index in [2.05, 4.69) is 25.3 Å². The molecule has 1 N–H and O–H groups in total. The molecular formula is C10H14OS2. The highest BCUT2D eigenvalue weighted by atomic mass is 32.2. The maximum atomic E-state index is 9.44. The first-order chi connectivity index (χ1) is 6.20. The van der Waals surface area contributed by atoms with E-state index in [1.54, 1.807) is 6.07 Å². The van der Waals surface area contributed by atoms with Gasteiger partial charge in [0.15, 0.2) is 0 Å². The molecule has 0 spiro atoms.